The number of hydrogen-bond donors (Lipinski definition) is 2. The highest BCUT2D eigenvalue weighted by Crippen LogP contribution is 2.58. The van der Waals surface area contributed by atoms with E-state index in [9.17, 15) is 13.9 Å². The van der Waals surface area contributed by atoms with Crippen LogP contribution in [0.5, 0.6) is 5.75 Å². The highest BCUT2D eigenvalue weighted by molar-refractivity contribution is 8.23. The van der Waals surface area contributed by atoms with Gasteiger partial charge in [0.2, 0.25) is 0 Å². The Morgan fingerprint density at radius 3 is 2.55 bits per heavy atom. The third kappa shape index (κ3) is 4.46. The molecule has 1 saturated heterocycles. The van der Waals surface area contributed by atoms with Crippen LogP contribution >= 0.6 is 10.8 Å². The molecule has 0 bridgehead atoms. The van der Waals surface area contributed by atoms with E-state index in [2.05, 4.69) is 23.1 Å². The van der Waals surface area contributed by atoms with Crippen LogP contribution in [0, 0.1) is 0 Å². The summed E-state index contributed by atoms with van der Waals surface area (Å²) in [7, 11) is -3.19. The number of hydrogen-bond acceptors (Lipinski definition) is 5. The fourth-order valence-electron chi connectivity index (χ4n) is 4.82. The highest BCUT2D eigenvalue weighted by atomic mass is 32.3. The summed E-state index contributed by atoms with van der Waals surface area (Å²) in [5.41, 5.74) is 0.409. The minimum atomic E-state index is -3.19. The molecule has 7 heteroatoms. The summed E-state index contributed by atoms with van der Waals surface area (Å²) in [5, 5.41) is 2.35. The summed E-state index contributed by atoms with van der Waals surface area (Å²) in [5.74, 6) is 0.675. The maximum atomic E-state index is 12.6. The minimum Gasteiger partial charge on any atom is -0.488 e. The van der Waals surface area contributed by atoms with Gasteiger partial charge in [0.05, 0.1) is 10.5 Å². The van der Waals surface area contributed by atoms with Crippen LogP contribution in [0.2, 0.25) is 0 Å². The number of ether oxygens (including phenoxy) is 1. The molecule has 0 aromatic heterocycles. The van der Waals surface area contributed by atoms with Crippen LogP contribution < -0.4 is 4.74 Å². The molecule has 174 valence electrons. The lowest BCUT2D eigenvalue weighted by Gasteiger charge is -2.36. The average Bonchev–Trinajstić information content (AvgIpc) is 3.35. The molecule has 3 aromatic rings. The second-order valence-electron chi connectivity index (χ2n) is 8.79. The van der Waals surface area contributed by atoms with Crippen molar-refractivity contribution in [2.75, 3.05) is 26.2 Å². The molecule has 2 aliphatic heterocycles. The van der Waals surface area contributed by atoms with Gasteiger partial charge in [0, 0.05) is 25.0 Å². The summed E-state index contributed by atoms with van der Waals surface area (Å²) in [6.45, 7) is 3.29. The third-order valence-electron chi connectivity index (χ3n) is 6.55. The number of fused-ring (bicyclic) bond motifs is 2. The fraction of sp³-hybridized carbons (Fsp3) is 0.346. The minimum absolute atomic E-state index is 0.199. The fourth-order valence-corrected chi connectivity index (χ4v) is 6.48. The molecule has 1 atom stereocenters. The van der Waals surface area contributed by atoms with E-state index < -0.39 is 10.8 Å². The molecule has 2 aliphatic rings. The number of rotatable bonds is 8. The lowest BCUT2D eigenvalue weighted by molar-refractivity contribution is 0.0860. The van der Waals surface area contributed by atoms with Crippen LogP contribution in [0.1, 0.15) is 36.0 Å². The molecular weight excluding hydrogens is 436 g/mol. The van der Waals surface area contributed by atoms with E-state index in [1.54, 1.807) is 24.3 Å². The van der Waals surface area contributed by atoms with E-state index in [-0.39, 0.29) is 12.0 Å². The van der Waals surface area contributed by atoms with Crippen molar-refractivity contribution in [1.29, 1.82) is 0 Å². The number of nitrogens with zero attached hydrogens (tertiary/aromatic N) is 2. The van der Waals surface area contributed by atoms with E-state index in [0.717, 1.165) is 56.5 Å². The topological polar surface area (TPSA) is 73.2 Å². The van der Waals surface area contributed by atoms with Crippen molar-refractivity contribution in [2.24, 2.45) is 0 Å². The summed E-state index contributed by atoms with van der Waals surface area (Å²) in [6.07, 6.45) is 3.91. The maximum Gasteiger partial charge on any atom is 0.274 e. The Labute approximate surface area is 196 Å². The second kappa shape index (κ2) is 9.35. The van der Waals surface area contributed by atoms with Gasteiger partial charge in [-0.1, -0.05) is 65.7 Å². The molecule has 0 spiro atoms. The Morgan fingerprint density at radius 2 is 1.67 bits per heavy atom. The molecule has 0 saturated carbocycles. The number of carbonyl (C=O) groups excluding carboxylic acids is 1. The van der Waals surface area contributed by atoms with Gasteiger partial charge in [0.15, 0.2) is 0 Å². The number of carbonyl (C=O) groups is 1. The SMILES string of the molecule is O=C1c2ccccc2S(O)(O)N1CCCCCN1CCC(Oc2cccc3ccccc23)C1. The van der Waals surface area contributed by atoms with E-state index in [1.807, 2.05) is 24.3 Å². The third-order valence-corrected chi connectivity index (χ3v) is 8.46. The van der Waals surface area contributed by atoms with Crippen molar-refractivity contribution in [3.63, 3.8) is 0 Å². The van der Waals surface area contributed by atoms with Crippen LogP contribution in [0.15, 0.2) is 71.6 Å². The van der Waals surface area contributed by atoms with E-state index in [0.29, 0.717) is 17.0 Å². The Balaban J connectivity index is 1.06. The van der Waals surface area contributed by atoms with Gasteiger partial charge in [-0.15, -0.1) is 0 Å². The number of likely N-dealkylation sites (tertiary alicyclic amines) is 1. The maximum absolute atomic E-state index is 12.6. The Bertz CT molecular complexity index is 1150. The number of unbranched alkanes of at least 4 members (excludes halogenated alkanes) is 2. The zero-order valence-corrected chi connectivity index (χ0v) is 19.4. The monoisotopic (exact) mass is 466 g/mol. The predicted molar refractivity (Wildman–Crippen MR) is 132 cm³/mol. The molecule has 1 amide bonds. The van der Waals surface area contributed by atoms with Gasteiger partial charge in [-0.3, -0.25) is 18.8 Å². The molecule has 33 heavy (non-hydrogen) atoms. The van der Waals surface area contributed by atoms with Crippen molar-refractivity contribution in [3.8, 4) is 5.75 Å². The van der Waals surface area contributed by atoms with Gasteiger partial charge in [0.25, 0.3) is 5.91 Å². The van der Waals surface area contributed by atoms with Crippen LogP contribution in [-0.4, -0.2) is 56.5 Å². The summed E-state index contributed by atoms with van der Waals surface area (Å²) < 4.78 is 28.7. The van der Waals surface area contributed by atoms with Crippen LogP contribution in [0.3, 0.4) is 0 Å². The zero-order chi connectivity index (χ0) is 22.8. The quantitative estimate of drug-likeness (QED) is 0.420. The first-order chi connectivity index (χ1) is 16.0. The number of benzene rings is 3. The van der Waals surface area contributed by atoms with Crippen molar-refractivity contribution in [1.82, 2.24) is 9.21 Å². The highest BCUT2D eigenvalue weighted by Gasteiger charge is 2.40. The van der Waals surface area contributed by atoms with Crippen molar-refractivity contribution in [2.45, 2.75) is 36.7 Å². The molecule has 2 N–H and O–H groups in total. The second-order valence-corrected chi connectivity index (χ2v) is 10.7. The van der Waals surface area contributed by atoms with Gasteiger partial charge in [-0.05, 0) is 49.4 Å². The molecular formula is C26H30N2O4S. The standard InChI is InChI=1S/C26H30N2O4S/c29-26-23-12-4-5-14-25(23)33(30,31)28(26)17-7-1-6-16-27-18-15-21(19-27)32-24-13-8-10-20-9-2-3-11-22(20)24/h2-5,8-14,21,30-31H,1,6-7,15-19H2. The lowest BCUT2D eigenvalue weighted by Crippen LogP contribution is -2.29. The van der Waals surface area contributed by atoms with Gasteiger partial charge in [0.1, 0.15) is 11.9 Å². The Kier molecular flexibility index (Phi) is 6.29. The first-order valence-corrected chi connectivity index (χ1v) is 13.1. The van der Waals surface area contributed by atoms with E-state index in [1.165, 1.54) is 9.69 Å². The van der Waals surface area contributed by atoms with E-state index >= 15 is 0 Å². The summed E-state index contributed by atoms with van der Waals surface area (Å²) in [6, 6.07) is 21.3. The molecule has 0 aliphatic carbocycles. The van der Waals surface area contributed by atoms with Gasteiger partial charge in [-0.25, -0.2) is 4.31 Å². The molecule has 6 nitrogen and oxygen atoms in total. The molecule has 5 rings (SSSR count). The summed E-state index contributed by atoms with van der Waals surface area (Å²) in [4.78, 5) is 15.3. The normalized spacial score (nSPS) is 20.8. The summed E-state index contributed by atoms with van der Waals surface area (Å²) >= 11 is 0. The van der Waals surface area contributed by atoms with Crippen molar-refractivity contribution < 1.29 is 18.6 Å². The lowest BCUT2D eigenvalue weighted by atomic mass is 10.1. The smallest absolute Gasteiger partial charge is 0.274 e. The van der Waals surface area contributed by atoms with Crippen LogP contribution in [0.25, 0.3) is 10.8 Å². The first-order valence-electron chi connectivity index (χ1n) is 11.6. The Hall–Kier alpha value is -2.58. The molecule has 0 radical (unpaired) electrons. The van der Waals surface area contributed by atoms with E-state index in [4.69, 9.17) is 4.74 Å². The van der Waals surface area contributed by atoms with Gasteiger partial charge in [-0.2, -0.15) is 0 Å². The molecule has 1 fully saturated rings. The average molecular weight is 467 g/mol. The first kappa shape index (κ1) is 22.2. The van der Waals surface area contributed by atoms with Crippen molar-refractivity contribution in [3.05, 3.63) is 72.3 Å². The molecule has 2 heterocycles. The Morgan fingerprint density at radius 1 is 0.909 bits per heavy atom. The molecule has 3 aromatic carbocycles. The number of amides is 1. The van der Waals surface area contributed by atoms with Gasteiger partial charge < -0.3 is 4.74 Å². The predicted octanol–water partition coefficient (Wildman–Crippen LogP) is 5.64. The molecule has 1 unspecified atom stereocenters. The van der Waals surface area contributed by atoms with Crippen LogP contribution in [0.4, 0.5) is 0 Å². The largest absolute Gasteiger partial charge is 0.488 e. The zero-order valence-electron chi connectivity index (χ0n) is 18.6. The van der Waals surface area contributed by atoms with Crippen molar-refractivity contribution >= 4 is 27.5 Å². The van der Waals surface area contributed by atoms with Crippen LogP contribution in [-0.2, 0) is 0 Å². The van der Waals surface area contributed by atoms with Gasteiger partial charge >= 0.3 is 0 Å².